The van der Waals surface area contributed by atoms with Crippen molar-refractivity contribution in [2.24, 2.45) is 0 Å². The molecule has 0 atom stereocenters. The van der Waals surface area contributed by atoms with E-state index in [-0.39, 0.29) is 0 Å². The number of thioether (sulfide) groups is 1. The highest BCUT2D eigenvalue weighted by Crippen LogP contribution is 2.19. The molecule has 0 saturated carbocycles. The standard InChI is InChI=1S/C10H16N4S/c1-13(2)9-7-10(12-8-11-9)14-3-5-15-6-4-14/h7-8H,3-6H2,1-2H3. The van der Waals surface area contributed by atoms with Crippen LogP contribution in [0.3, 0.4) is 0 Å². The van der Waals surface area contributed by atoms with Crippen LogP contribution in [0.4, 0.5) is 11.6 Å². The maximum absolute atomic E-state index is 4.32. The Labute approximate surface area is 94.7 Å². The molecule has 0 spiro atoms. The van der Waals surface area contributed by atoms with Gasteiger partial charge in [0.2, 0.25) is 0 Å². The minimum Gasteiger partial charge on any atom is -0.363 e. The largest absolute Gasteiger partial charge is 0.363 e. The second-order valence-electron chi connectivity index (χ2n) is 3.73. The van der Waals surface area contributed by atoms with E-state index in [1.54, 1.807) is 6.33 Å². The lowest BCUT2D eigenvalue weighted by molar-refractivity contribution is 0.833. The first-order valence-corrected chi connectivity index (χ1v) is 6.25. The number of hydrogen-bond acceptors (Lipinski definition) is 5. The van der Waals surface area contributed by atoms with Crippen LogP contribution in [0.25, 0.3) is 0 Å². The molecule has 82 valence electrons. The Balaban J connectivity index is 2.16. The lowest BCUT2D eigenvalue weighted by atomic mass is 10.4. The van der Waals surface area contributed by atoms with Crippen LogP contribution in [0.2, 0.25) is 0 Å². The zero-order valence-electron chi connectivity index (χ0n) is 9.18. The summed E-state index contributed by atoms with van der Waals surface area (Å²) < 4.78 is 0. The molecule has 0 aromatic carbocycles. The normalized spacial score (nSPS) is 16.5. The van der Waals surface area contributed by atoms with Gasteiger partial charge in [-0.2, -0.15) is 11.8 Å². The SMILES string of the molecule is CN(C)c1cc(N2CCSCC2)ncn1. The molecule has 2 heterocycles. The lowest BCUT2D eigenvalue weighted by Gasteiger charge is -2.27. The molecule has 0 radical (unpaired) electrons. The van der Waals surface area contributed by atoms with Crippen molar-refractivity contribution >= 4 is 23.4 Å². The van der Waals surface area contributed by atoms with E-state index in [1.807, 2.05) is 30.8 Å². The van der Waals surface area contributed by atoms with E-state index in [9.17, 15) is 0 Å². The number of nitrogens with zero attached hydrogens (tertiary/aromatic N) is 4. The van der Waals surface area contributed by atoms with Crippen molar-refractivity contribution in [3.8, 4) is 0 Å². The molecule has 2 rings (SSSR count). The molecule has 0 N–H and O–H groups in total. The zero-order chi connectivity index (χ0) is 10.7. The van der Waals surface area contributed by atoms with E-state index in [4.69, 9.17) is 0 Å². The Morgan fingerprint density at radius 2 is 2.00 bits per heavy atom. The fourth-order valence-electron chi connectivity index (χ4n) is 1.55. The van der Waals surface area contributed by atoms with E-state index in [1.165, 1.54) is 11.5 Å². The molecule has 0 bridgehead atoms. The molecular formula is C10H16N4S. The maximum atomic E-state index is 4.32. The number of rotatable bonds is 2. The van der Waals surface area contributed by atoms with Crippen molar-refractivity contribution < 1.29 is 0 Å². The molecule has 1 fully saturated rings. The van der Waals surface area contributed by atoms with Crippen LogP contribution in [0, 0.1) is 0 Å². The summed E-state index contributed by atoms with van der Waals surface area (Å²) in [6.07, 6.45) is 1.65. The lowest BCUT2D eigenvalue weighted by Crippen LogP contribution is -2.33. The third-order valence-electron chi connectivity index (χ3n) is 2.43. The van der Waals surface area contributed by atoms with Gasteiger partial charge in [0, 0.05) is 44.8 Å². The fraction of sp³-hybridized carbons (Fsp3) is 0.600. The second kappa shape index (κ2) is 4.70. The smallest absolute Gasteiger partial charge is 0.134 e. The van der Waals surface area contributed by atoms with Gasteiger partial charge in [-0.15, -0.1) is 0 Å². The van der Waals surface area contributed by atoms with Gasteiger partial charge in [0.15, 0.2) is 0 Å². The molecule has 15 heavy (non-hydrogen) atoms. The molecule has 0 aliphatic carbocycles. The van der Waals surface area contributed by atoms with Gasteiger partial charge in [-0.1, -0.05) is 0 Å². The highest BCUT2D eigenvalue weighted by Gasteiger charge is 2.13. The van der Waals surface area contributed by atoms with Crippen molar-refractivity contribution in [3.05, 3.63) is 12.4 Å². The van der Waals surface area contributed by atoms with Gasteiger partial charge in [-0.3, -0.25) is 0 Å². The topological polar surface area (TPSA) is 32.3 Å². The zero-order valence-corrected chi connectivity index (χ0v) is 10.00. The first-order chi connectivity index (χ1) is 7.27. The van der Waals surface area contributed by atoms with Crippen LogP contribution >= 0.6 is 11.8 Å². The average molecular weight is 224 g/mol. The van der Waals surface area contributed by atoms with Gasteiger partial charge >= 0.3 is 0 Å². The summed E-state index contributed by atoms with van der Waals surface area (Å²) in [5, 5.41) is 0. The molecule has 5 heteroatoms. The molecule has 1 aromatic heterocycles. The van der Waals surface area contributed by atoms with E-state index >= 15 is 0 Å². The molecule has 0 unspecified atom stereocenters. The van der Waals surface area contributed by atoms with Gasteiger partial charge in [-0.25, -0.2) is 9.97 Å². The van der Waals surface area contributed by atoms with E-state index in [2.05, 4.69) is 20.9 Å². The van der Waals surface area contributed by atoms with Crippen LogP contribution in [-0.2, 0) is 0 Å². The molecule has 1 aromatic rings. The highest BCUT2D eigenvalue weighted by molar-refractivity contribution is 7.99. The predicted molar refractivity (Wildman–Crippen MR) is 65.9 cm³/mol. The third kappa shape index (κ3) is 2.53. The van der Waals surface area contributed by atoms with Gasteiger partial charge < -0.3 is 9.80 Å². The Morgan fingerprint density at radius 1 is 1.27 bits per heavy atom. The average Bonchev–Trinajstić information content (AvgIpc) is 2.30. The summed E-state index contributed by atoms with van der Waals surface area (Å²) in [6.45, 7) is 2.18. The van der Waals surface area contributed by atoms with Crippen molar-refractivity contribution in [3.63, 3.8) is 0 Å². The predicted octanol–water partition coefficient (Wildman–Crippen LogP) is 1.10. The molecule has 1 aliphatic heterocycles. The van der Waals surface area contributed by atoms with Crippen molar-refractivity contribution in [2.45, 2.75) is 0 Å². The molecule has 1 saturated heterocycles. The Kier molecular flexibility index (Phi) is 3.30. The molecular weight excluding hydrogens is 208 g/mol. The fourth-order valence-corrected chi connectivity index (χ4v) is 2.45. The first kappa shape index (κ1) is 10.5. The van der Waals surface area contributed by atoms with Gasteiger partial charge in [0.1, 0.15) is 18.0 Å². The Bertz CT molecular complexity index is 323. The molecule has 1 aliphatic rings. The van der Waals surface area contributed by atoms with Gasteiger partial charge in [-0.05, 0) is 0 Å². The number of anilines is 2. The third-order valence-corrected chi connectivity index (χ3v) is 3.37. The summed E-state index contributed by atoms with van der Waals surface area (Å²) in [5.74, 6) is 4.41. The van der Waals surface area contributed by atoms with Crippen LogP contribution in [-0.4, -0.2) is 48.7 Å². The number of hydrogen-bond donors (Lipinski definition) is 0. The maximum Gasteiger partial charge on any atom is 0.134 e. The number of aromatic nitrogens is 2. The quantitative estimate of drug-likeness (QED) is 0.751. The van der Waals surface area contributed by atoms with E-state index in [0.717, 1.165) is 24.7 Å². The van der Waals surface area contributed by atoms with Gasteiger partial charge in [0.05, 0.1) is 0 Å². The summed E-state index contributed by atoms with van der Waals surface area (Å²) in [5.41, 5.74) is 0. The molecule has 4 nitrogen and oxygen atoms in total. The van der Waals surface area contributed by atoms with E-state index < -0.39 is 0 Å². The van der Waals surface area contributed by atoms with Gasteiger partial charge in [0.25, 0.3) is 0 Å². The summed E-state index contributed by atoms with van der Waals surface area (Å²) in [4.78, 5) is 12.9. The summed E-state index contributed by atoms with van der Waals surface area (Å²) >= 11 is 2.01. The minimum absolute atomic E-state index is 0.971. The molecule has 0 amide bonds. The van der Waals surface area contributed by atoms with Crippen molar-refractivity contribution in [1.82, 2.24) is 9.97 Å². The van der Waals surface area contributed by atoms with Crippen molar-refractivity contribution in [1.29, 1.82) is 0 Å². The summed E-state index contributed by atoms with van der Waals surface area (Å²) in [6, 6.07) is 2.05. The monoisotopic (exact) mass is 224 g/mol. The minimum atomic E-state index is 0.971. The Hall–Kier alpha value is -0.970. The van der Waals surface area contributed by atoms with Crippen LogP contribution in [0.5, 0.6) is 0 Å². The van der Waals surface area contributed by atoms with Crippen molar-refractivity contribution in [2.75, 3.05) is 48.5 Å². The second-order valence-corrected chi connectivity index (χ2v) is 4.95. The Morgan fingerprint density at radius 3 is 2.67 bits per heavy atom. The van der Waals surface area contributed by atoms with Crippen LogP contribution in [0.1, 0.15) is 0 Å². The van der Waals surface area contributed by atoms with Crippen LogP contribution in [0.15, 0.2) is 12.4 Å². The first-order valence-electron chi connectivity index (χ1n) is 5.09. The van der Waals surface area contributed by atoms with E-state index in [0.29, 0.717) is 0 Å². The highest BCUT2D eigenvalue weighted by atomic mass is 32.2. The summed E-state index contributed by atoms with van der Waals surface area (Å²) in [7, 11) is 4.00. The van der Waals surface area contributed by atoms with Crippen LogP contribution < -0.4 is 9.80 Å².